The van der Waals surface area contributed by atoms with Crippen molar-refractivity contribution >= 4 is 10.8 Å². The highest BCUT2D eigenvalue weighted by atomic mass is 19.1. The highest BCUT2D eigenvalue weighted by molar-refractivity contribution is 5.99. The summed E-state index contributed by atoms with van der Waals surface area (Å²) in [7, 11) is 6.31. The lowest BCUT2D eigenvalue weighted by Gasteiger charge is -2.15. The van der Waals surface area contributed by atoms with Gasteiger partial charge in [-0.05, 0) is 53.9 Å². The van der Waals surface area contributed by atoms with Gasteiger partial charge in [-0.1, -0.05) is 12.1 Å². The Morgan fingerprint density at radius 2 is 1.32 bits per heavy atom. The van der Waals surface area contributed by atoms with Crippen LogP contribution in [0.1, 0.15) is 0 Å². The molecule has 0 radical (unpaired) electrons. The molecule has 0 saturated carbocycles. The number of fused-ring (bicyclic) bond motifs is 1. The van der Waals surface area contributed by atoms with Crippen LogP contribution in [0.5, 0.6) is 23.0 Å². The van der Waals surface area contributed by atoms with Crippen molar-refractivity contribution in [3.63, 3.8) is 0 Å². The van der Waals surface area contributed by atoms with Crippen molar-refractivity contribution in [2.45, 2.75) is 0 Å². The van der Waals surface area contributed by atoms with Gasteiger partial charge in [0.25, 0.3) is 0 Å². The minimum Gasteiger partial charge on any atom is -0.493 e. The number of hydrogen-bond acceptors (Lipinski definition) is 5. The van der Waals surface area contributed by atoms with Crippen molar-refractivity contribution < 1.29 is 23.3 Å². The number of hydrogen-bond donors (Lipinski definition) is 0. The van der Waals surface area contributed by atoms with Gasteiger partial charge in [0.05, 0.1) is 39.8 Å². The van der Waals surface area contributed by atoms with Crippen LogP contribution in [0, 0.1) is 5.82 Å². The van der Waals surface area contributed by atoms with Gasteiger partial charge in [-0.3, -0.25) is 0 Å². The summed E-state index contributed by atoms with van der Waals surface area (Å²) in [6, 6.07) is 17.8. The molecule has 0 N–H and O–H groups in total. The second-order valence-corrected chi connectivity index (χ2v) is 6.83. The largest absolute Gasteiger partial charge is 0.493 e. The molecule has 0 saturated heterocycles. The first-order valence-electron chi connectivity index (χ1n) is 9.63. The first-order valence-corrected chi connectivity index (χ1v) is 9.63. The van der Waals surface area contributed by atoms with Crippen molar-refractivity contribution in [3.05, 3.63) is 66.5 Å². The van der Waals surface area contributed by atoms with Crippen LogP contribution in [0.3, 0.4) is 0 Å². The second-order valence-electron chi connectivity index (χ2n) is 6.83. The zero-order chi connectivity index (χ0) is 22.0. The summed E-state index contributed by atoms with van der Waals surface area (Å²) in [4.78, 5) is 4.83. The first-order chi connectivity index (χ1) is 15.1. The molecular weight excluding hydrogens is 397 g/mol. The molecule has 1 aromatic heterocycles. The lowest BCUT2D eigenvalue weighted by atomic mass is 9.99. The normalized spacial score (nSPS) is 10.7. The summed E-state index contributed by atoms with van der Waals surface area (Å²) in [5.41, 5.74) is 2.40. The molecule has 3 aromatic carbocycles. The molecule has 31 heavy (non-hydrogen) atoms. The summed E-state index contributed by atoms with van der Waals surface area (Å²) < 4.78 is 36.5. The van der Waals surface area contributed by atoms with E-state index < -0.39 is 0 Å². The van der Waals surface area contributed by atoms with Crippen LogP contribution >= 0.6 is 0 Å². The van der Waals surface area contributed by atoms with Gasteiger partial charge in [-0.2, -0.15) is 0 Å². The van der Waals surface area contributed by atoms with Gasteiger partial charge in [-0.15, -0.1) is 0 Å². The number of pyridine rings is 1. The Morgan fingerprint density at radius 1 is 0.677 bits per heavy atom. The molecule has 1 heterocycles. The van der Waals surface area contributed by atoms with Gasteiger partial charge in [0.2, 0.25) is 0 Å². The molecule has 4 rings (SSSR count). The smallest absolute Gasteiger partial charge is 0.161 e. The quantitative estimate of drug-likeness (QED) is 0.399. The average Bonchev–Trinajstić information content (AvgIpc) is 2.82. The van der Waals surface area contributed by atoms with E-state index in [9.17, 15) is 4.39 Å². The maximum atomic E-state index is 14.8. The molecule has 0 amide bonds. The first kappa shape index (κ1) is 20.5. The highest BCUT2D eigenvalue weighted by Gasteiger charge is 2.17. The molecule has 158 valence electrons. The van der Waals surface area contributed by atoms with Gasteiger partial charge >= 0.3 is 0 Å². The van der Waals surface area contributed by atoms with Crippen molar-refractivity contribution in [1.82, 2.24) is 4.98 Å². The third-order valence-corrected chi connectivity index (χ3v) is 5.14. The monoisotopic (exact) mass is 419 g/mol. The fourth-order valence-corrected chi connectivity index (χ4v) is 3.58. The maximum absolute atomic E-state index is 14.8. The van der Waals surface area contributed by atoms with Crippen LogP contribution < -0.4 is 18.9 Å². The van der Waals surface area contributed by atoms with Crippen LogP contribution in [0.25, 0.3) is 33.3 Å². The molecule has 5 nitrogen and oxygen atoms in total. The van der Waals surface area contributed by atoms with E-state index in [1.165, 1.54) is 6.07 Å². The van der Waals surface area contributed by atoms with Crippen molar-refractivity contribution in [2.75, 3.05) is 28.4 Å². The molecular formula is C25H22FNO4. The summed E-state index contributed by atoms with van der Waals surface area (Å²) in [6.45, 7) is 0. The zero-order valence-electron chi connectivity index (χ0n) is 17.7. The molecule has 0 aliphatic rings. The molecule has 0 fully saturated rings. The number of aromatic nitrogens is 1. The van der Waals surface area contributed by atoms with Crippen LogP contribution in [0.2, 0.25) is 0 Å². The fraction of sp³-hybridized carbons (Fsp3) is 0.160. The van der Waals surface area contributed by atoms with Gasteiger partial charge in [-0.25, -0.2) is 9.37 Å². The summed E-state index contributed by atoms with van der Waals surface area (Å²) in [5, 5.41) is 1.60. The van der Waals surface area contributed by atoms with Crippen LogP contribution in [0.4, 0.5) is 4.39 Å². The van der Waals surface area contributed by atoms with Crippen LogP contribution in [-0.2, 0) is 0 Å². The van der Waals surface area contributed by atoms with Gasteiger partial charge in [0.15, 0.2) is 23.0 Å². The number of ether oxygens (including phenoxy) is 4. The SMILES string of the molecule is COc1ccc(-c2cc3cc(OC)c(OC)cc3c(-c3ccccc3F)n2)cc1OC. The third kappa shape index (κ3) is 3.72. The zero-order valence-corrected chi connectivity index (χ0v) is 17.7. The Hall–Kier alpha value is -3.80. The fourth-order valence-electron chi connectivity index (χ4n) is 3.58. The van der Waals surface area contributed by atoms with Gasteiger partial charge in [0.1, 0.15) is 5.82 Å². The standard InChI is InChI=1S/C25H22FNO4/c1-28-21-10-9-15(12-22(21)29-2)20-11-16-13-23(30-3)24(31-4)14-18(16)25(27-20)17-7-5-6-8-19(17)26/h5-14H,1-4H3. The minimum absolute atomic E-state index is 0.351. The van der Waals surface area contributed by atoms with E-state index in [-0.39, 0.29) is 5.82 Å². The molecule has 0 aliphatic heterocycles. The van der Waals surface area contributed by atoms with Gasteiger partial charge < -0.3 is 18.9 Å². The Labute approximate surface area is 180 Å². The number of methoxy groups -OCH3 is 4. The third-order valence-electron chi connectivity index (χ3n) is 5.14. The predicted octanol–water partition coefficient (Wildman–Crippen LogP) is 5.74. The molecule has 0 aliphatic carbocycles. The predicted molar refractivity (Wildman–Crippen MR) is 119 cm³/mol. The Morgan fingerprint density at radius 3 is 2.00 bits per heavy atom. The molecule has 0 atom stereocenters. The molecule has 4 aromatic rings. The van der Waals surface area contributed by atoms with Crippen LogP contribution in [-0.4, -0.2) is 33.4 Å². The summed E-state index contributed by atoms with van der Waals surface area (Å²) >= 11 is 0. The minimum atomic E-state index is -0.351. The summed E-state index contributed by atoms with van der Waals surface area (Å²) in [6.07, 6.45) is 0. The molecule has 0 unspecified atom stereocenters. The maximum Gasteiger partial charge on any atom is 0.161 e. The molecule has 0 bridgehead atoms. The summed E-state index contributed by atoms with van der Waals surface area (Å²) in [5.74, 6) is 1.98. The van der Waals surface area contributed by atoms with E-state index in [1.807, 2.05) is 36.4 Å². The topological polar surface area (TPSA) is 49.8 Å². The van der Waals surface area contributed by atoms with E-state index >= 15 is 0 Å². The van der Waals surface area contributed by atoms with Crippen molar-refractivity contribution in [3.8, 4) is 45.5 Å². The number of rotatable bonds is 6. The van der Waals surface area contributed by atoms with Crippen molar-refractivity contribution in [1.29, 1.82) is 0 Å². The Balaban J connectivity index is 2.03. The van der Waals surface area contributed by atoms with E-state index in [0.717, 1.165) is 16.3 Å². The molecule has 6 heteroatoms. The Bertz CT molecular complexity index is 1260. The highest BCUT2D eigenvalue weighted by Crippen LogP contribution is 2.40. The Kier molecular flexibility index (Phi) is 5.62. The number of benzene rings is 3. The number of halogens is 1. The van der Waals surface area contributed by atoms with E-state index in [1.54, 1.807) is 46.6 Å². The lowest BCUT2D eigenvalue weighted by Crippen LogP contribution is -1.97. The second kappa shape index (κ2) is 8.52. The van der Waals surface area contributed by atoms with Crippen molar-refractivity contribution in [2.24, 2.45) is 0 Å². The van der Waals surface area contributed by atoms with E-state index in [2.05, 4.69) is 0 Å². The lowest BCUT2D eigenvalue weighted by molar-refractivity contribution is 0.355. The van der Waals surface area contributed by atoms with E-state index in [0.29, 0.717) is 39.9 Å². The van der Waals surface area contributed by atoms with Gasteiger partial charge in [0, 0.05) is 16.5 Å². The van der Waals surface area contributed by atoms with Crippen LogP contribution in [0.15, 0.2) is 60.7 Å². The molecule has 0 spiro atoms. The average molecular weight is 419 g/mol. The number of nitrogens with zero attached hydrogens (tertiary/aromatic N) is 1. The van der Waals surface area contributed by atoms with E-state index in [4.69, 9.17) is 23.9 Å².